The maximum Gasteiger partial charge on any atom is 0.391 e. The molecule has 0 amide bonds. The van der Waals surface area contributed by atoms with Crippen molar-refractivity contribution in [1.82, 2.24) is 0 Å². The molecule has 0 atom stereocenters. The molecule has 0 unspecified atom stereocenters. The first-order valence-electron chi connectivity index (χ1n) is 6.12. The van der Waals surface area contributed by atoms with Crippen LogP contribution in [0, 0.1) is 0 Å². The molecule has 0 spiro atoms. The van der Waals surface area contributed by atoms with Gasteiger partial charge in [0.1, 0.15) is 4.88 Å². The summed E-state index contributed by atoms with van der Waals surface area (Å²) in [4.78, 5) is 9.90. The Labute approximate surface area is 137 Å². The molecule has 0 saturated heterocycles. The monoisotopic (exact) mass is 382 g/mol. The second-order valence-electron chi connectivity index (χ2n) is 5.74. The SMILES string of the molecule is COC(=O)c1sc(C(F)(F)C(F)(F)C(F)(F)Cl)cc1C(C)(C)C. The highest BCUT2D eigenvalue weighted by Gasteiger charge is 2.72. The molecule has 10 heteroatoms. The average molecular weight is 383 g/mol. The number of carbonyl (C=O) groups excluding carboxylic acids is 1. The summed E-state index contributed by atoms with van der Waals surface area (Å²) in [7, 11) is 0.980. The van der Waals surface area contributed by atoms with E-state index in [0.717, 1.165) is 7.11 Å². The number of methoxy groups -OCH3 is 1. The first kappa shape index (κ1) is 20.1. The fraction of sp³-hybridized carbons (Fsp3) is 0.615. The van der Waals surface area contributed by atoms with E-state index in [0.29, 0.717) is 6.07 Å². The van der Waals surface area contributed by atoms with Crippen molar-refractivity contribution >= 4 is 28.9 Å². The molecule has 1 heterocycles. The minimum atomic E-state index is -5.84. The molecule has 132 valence electrons. The summed E-state index contributed by atoms with van der Waals surface area (Å²) >= 11 is 4.11. The van der Waals surface area contributed by atoms with Gasteiger partial charge in [-0.15, -0.1) is 11.3 Å². The number of alkyl halides is 7. The molecule has 0 saturated carbocycles. The van der Waals surface area contributed by atoms with Gasteiger partial charge in [0.05, 0.1) is 12.0 Å². The van der Waals surface area contributed by atoms with Gasteiger partial charge in [0.15, 0.2) is 0 Å². The van der Waals surface area contributed by atoms with Crippen molar-refractivity contribution < 1.29 is 35.9 Å². The van der Waals surface area contributed by atoms with Gasteiger partial charge < -0.3 is 4.74 Å². The number of esters is 1. The third-order valence-corrected chi connectivity index (χ3v) is 4.39. The molecule has 0 aliphatic heterocycles. The van der Waals surface area contributed by atoms with E-state index < -0.39 is 33.5 Å². The highest BCUT2D eigenvalue weighted by molar-refractivity contribution is 7.14. The van der Waals surface area contributed by atoms with E-state index in [4.69, 9.17) is 0 Å². The molecule has 1 rings (SSSR count). The van der Waals surface area contributed by atoms with Gasteiger partial charge in [0.25, 0.3) is 0 Å². The van der Waals surface area contributed by atoms with Crippen LogP contribution in [0.5, 0.6) is 0 Å². The minimum absolute atomic E-state index is 0.0160. The fourth-order valence-electron chi connectivity index (χ4n) is 1.68. The zero-order chi connectivity index (χ0) is 18.4. The van der Waals surface area contributed by atoms with E-state index in [-0.39, 0.29) is 21.8 Å². The van der Waals surface area contributed by atoms with Gasteiger partial charge in [-0.25, -0.2) is 4.79 Å². The summed E-state index contributed by atoms with van der Waals surface area (Å²) in [5, 5.41) is -5.46. The zero-order valence-corrected chi connectivity index (χ0v) is 14.0. The number of halogens is 7. The number of ether oxygens (including phenoxy) is 1. The summed E-state index contributed by atoms with van der Waals surface area (Å²) in [5.41, 5.74) is -0.898. The number of hydrogen-bond donors (Lipinski definition) is 0. The van der Waals surface area contributed by atoms with E-state index in [9.17, 15) is 31.1 Å². The third kappa shape index (κ3) is 3.45. The number of carbonyl (C=O) groups is 1. The van der Waals surface area contributed by atoms with Gasteiger partial charge in [0.2, 0.25) is 0 Å². The lowest BCUT2D eigenvalue weighted by atomic mass is 9.86. The first-order chi connectivity index (χ1) is 10.1. The van der Waals surface area contributed by atoms with Gasteiger partial charge in [-0.1, -0.05) is 20.8 Å². The molecular formula is C13H13ClF6O2S. The fourth-order valence-corrected chi connectivity index (χ4v) is 3.09. The number of hydrogen-bond acceptors (Lipinski definition) is 3. The van der Waals surface area contributed by atoms with Gasteiger partial charge in [-0.3, -0.25) is 0 Å². The first-order valence-corrected chi connectivity index (χ1v) is 7.32. The van der Waals surface area contributed by atoms with Crippen LogP contribution in [-0.2, 0) is 16.1 Å². The van der Waals surface area contributed by atoms with Crippen molar-refractivity contribution in [3.8, 4) is 0 Å². The Morgan fingerprint density at radius 1 is 1.13 bits per heavy atom. The van der Waals surface area contributed by atoms with E-state index in [2.05, 4.69) is 16.3 Å². The van der Waals surface area contributed by atoms with Crippen LogP contribution in [0.3, 0.4) is 0 Å². The molecule has 1 aromatic heterocycles. The van der Waals surface area contributed by atoms with Crippen LogP contribution in [0.15, 0.2) is 6.07 Å². The molecular weight excluding hydrogens is 370 g/mol. The maximum absolute atomic E-state index is 13.9. The summed E-state index contributed by atoms with van der Waals surface area (Å²) in [5.74, 6) is -12.1. The number of thiophene rings is 1. The van der Waals surface area contributed by atoms with E-state index in [1.165, 1.54) is 20.8 Å². The predicted octanol–water partition coefficient (Wildman–Crippen LogP) is 5.39. The van der Waals surface area contributed by atoms with Crippen molar-refractivity contribution in [1.29, 1.82) is 0 Å². The zero-order valence-electron chi connectivity index (χ0n) is 12.4. The smallest absolute Gasteiger partial charge is 0.391 e. The molecule has 23 heavy (non-hydrogen) atoms. The van der Waals surface area contributed by atoms with E-state index >= 15 is 0 Å². The minimum Gasteiger partial charge on any atom is -0.465 e. The Kier molecular flexibility index (Phi) is 5.10. The Morgan fingerprint density at radius 3 is 1.96 bits per heavy atom. The van der Waals surface area contributed by atoms with E-state index in [1.54, 1.807) is 0 Å². The topological polar surface area (TPSA) is 26.3 Å². The summed E-state index contributed by atoms with van der Waals surface area (Å²) in [6.07, 6.45) is 0. The molecule has 2 nitrogen and oxygen atoms in total. The Morgan fingerprint density at radius 2 is 1.61 bits per heavy atom. The Hall–Kier alpha value is -0.960. The summed E-state index contributed by atoms with van der Waals surface area (Å²) in [6.45, 7) is 4.62. The standard InChI is InChI=1S/C13H13ClF6O2S/c1-10(2,3)6-5-7(23-8(6)9(21)22-4)11(15,16)12(17,18)13(14,19)20/h5H,1-4H3. The highest BCUT2D eigenvalue weighted by atomic mass is 35.5. The van der Waals surface area contributed by atoms with Crippen LogP contribution in [0.1, 0.15) is 40.9 Å². The van der Waals surface area contributed by atoms with Crippen LogP contribution >= 0.6 is 22.9 Å². The molecule has 0 aromatic carbocycles. The molecule has 0 fully saturated rings. The lowest BCUT2D eigenvalue weighted by Crippen LogP contribution is -2.49. The molecule has 1 aromatic rings. The van der Waals surface area contributed by atoms with Gasteiger partial charge in [0, 0.05) is 0 Å². The normalized spacial score (nSPS) is 14.0. The summed E-state index contributed by atoms with van der Waals surface area (Å²) < 4.78 is 84.4. The van der Waals surface area contributed by atoms with Crippen molar-refractivity contribution in [2.24, 2.45) is 0 Å². The van der Waals surface area contributed by atoms with Gasteiger partial charge >= 0.3 is 23.2 Å². The van der Waals surface area contributed by atoms with Crippen molar-refractivity contribution in [2.75, 3.05) is 7.11 Å². The van der Waals surface area contributed by atoms with Crippen LogP contribution in [-0.4, -0.2) is 24.4 Å². The molecule has 0 radical (unpaired) electrons. The van der Waals surface area contributed by atoms with Crippen LogP contribution in [0.2, 0.25) is 0 Å². The largest absolute Gasteiger partial charge is 0.465 e. The quantitative estimate of drug-likeness (QED) is 0.396. The second-order valence-corrected chi connectivity index (χ2v) is 7.27. The molecule has 0 N–H and O–H groups in total. The third-order valence-electron chi connectivity index (χ3n) is 2.97. The van der Waals surface area contributed by atoms with Crippen molar-refractivity contribution in [2.45, 2.75) is 43.4 Å². The average Bonchev–Trinajstić information content (AvgIpc) is 2.81. The highest BCUT2D eigenvalue weighted by Crippen LogP contribution is 2.55. The lowest BCUT2D eigenvalue weighted by molar-refractivity contribution is -0.284. The van der Waals surface area contributed by atoms with Crippen molar-refractivity contribution in [3.63, 3.8) is 0 Å². The summed E-state index contributed by atoms with van der Waals surface area (Å²) in [6, 6.07) is 0.605. The lowest BCUT2D eigenvalue weighted by Gasteiger charge is -2.28. The Balaban J connectivity index is 3.56. The maximum atomic E-state index is 13.9. The Bertz CT molecular complexity index is 601. The van der Waals surface area contributed by atoms with Crippen LogP contribution in [0.4, 0.5) is 26.3 Å². The molecule has 0 aliphatic rings. The van der Waals surface area contributed by atoms with Crippen LogP contribution in [0.25, 0.3) is 0 Å². The predicted molar refractivity (Wildman–Crippen MR) is 74.0 cm³/mol. The number of rotatable bonds is 4. The van der Waals surface area contributed by atoms with Gasteiger partial charge in [-0.2, -0.15) is 26.3 Å². The van der Waals surface area contributed by atoms with Gasteiger partial charge in [-0.05, 0) is 28.6 Å². The van der Waals surface area contributed by atoms with Crippen molar-refractivity contribution in [3.05, 3.63) is 21.4 Å². The van der Waals surface area contributed by atoms with Crippen LogP contribution < -0.4 is 0 Å². The second kappa shape index (κ2) is 5.84. The molecule has 0 aliphatic carbocycles. The molecule has 0 bridgehead atoms. The van der Waals surface area contributed by atoms with E-state index in [1.807, 2.05) is 0 Å².